The van der Waals surface area contributed by atoms with Gasteiger partial charge in [0.15, 0.2) is 0 Å². The minimum Gasteiger partial charge on any atom is -0.342 e. The number of carbonyl (C=O) groups is 2. The van der Waals surface area contributed by atoms with Crippen LogP contribution in [0.5, 0.6) is 0 Å². The van der Waals surface area contributed by atoms with Crippen molar-refractivity contribution in [2.75, 3.05) is 5.32 Å². The van der Waals surface area contributed by atoms with Crippen molar-refractivity contribution in [1.29, 1.82) is 0 Å². The highest BCUT2D eigenvalue weighted by molar-refractivity contribution is 7.18. The number of hydrogen-bond acceptors (Lipinski definition) is 7. The zero-order chi connectivity index (χ0) is 18.8. The maximum Gasteiger partial charge on any atom is 0.262 e. The van der Waals surface area contributed by atoms with Crippen LogP contribution in [0.4, 0.5) is 5.00 Å². The molecule has 3 aromatic heterocycles. The number of rotatable bonds is 6. The van der Waals surface area contributed by atoms with Gasteiger partial charge in [-0.15, -0.1) is 11.3 Å². The van der Waals surface area contributed by atoms with Crippen LogP contribution in [-0.2, 0) is 11.3 Å². The molecule has 1 fully saturated rings. The number of nitrogens with zero attached hydrogens (tertiary/aromatic N) is 3. The number of hydrogen-bond donors (Lipinski definition) is 2. The normalized spacial score (nSPS) is 13.4. The standard InChI is InChI=1S/C18H17N5O3S/c1-10-8-14(22-17(24)12-2-3-12)27-15(10)18(25)20-9-13-21-16(23-26-13)11-4-6-19-7-5-11/h4-8,12H,2-3,9H2,1H3,(H,20,25)(H,22,24). The van der Waals surface area contributed by atoms with E-state index in [0.29, 0.717) is 21.6 Å². The van der Waals surface area contributed by atoms with Crippen LogP contribution >= 0.6 is 11.3 Å². The second-order valence-electron chi connectivity index (χ2n) is 6.32. The molecule has 0 atom stereocenters. The van der Waals surface area contributed by atoms with E-state index >= 15 is 0 Å². The quantitative estimate of drug-likeness (QED) is 0.677. The topological polar surface area (TPSA) is 110 Å². The van der Waals surface area contributed by atoms with Gasteiger partial charge in [-0.3, -0.25) is 14.6 Å². The number of aromatic nitrogens is 3. The first kappa shape index (κ1) is 17.3. The molecule has 2 N–H and O–H groups in total. The molecule has 0 radical (unpaired) electrons. The number of carbonyl (C=O) groups excluding carboxylic acids is 2. The molecule has 1 aliphatic rings. The first-order valence-corrected chi connectivity index (χ1v) is 9.34. The molecule has 3 heterocycles. The summed E-state index contributed by atoms with van der Waals surface area (Å²) in [6, 6.07) is 5.37. The molecule has 0 spiro atoms. The van der Waals surface area contributed by atoms with Crippen LogP contribution in [-0.4, -0.2) is 26.9 Å². The second-order valence-corrected chi connectivity index (χ2v) is 7.37. The molecule has 9 heteroatoms. The van der Waals surface area contributed by atoms with Gasteiger partial charge in [-0.25, -0.2) is 0 Å². The number of anilines is 1. The summed E-state index contributed by atoms with van der Waals surface area (Å²) in [5.74, 6) is 0.660. The van der Waals surface area contributed by atoms with Crippen molar-refractivity contribution in [1.82, 2.24) is 20.4 Å². The molecule has 0 saturated heterocycles. The monoisotopic (exact) mass is 383 g/mol. The van der Waals surface area contributed by atoms with E-state index in [1.54, 1.807) is 24.5 Å². The lowest BCUT2D eigenvalue weighted by atomic mass is 10.2. The lowest BCUT2D eigenvalue weighted by Gasteiger charge is -2.01. The Morgan fingerprint density at radius 2 is 2.07 bits per heavy atom. The largest absolute Gasteiger partial charge is 0.342 e. The minimum atomic E-state index is -0.243. The minimum absolute atomic E-state index is 0.0257. The van der Waals surface area contributed by atoms with Gasteiger partial charge in [-0.1, -0.05) is 5.16 Å². The molecule has 0 bridgehead atoms. The summed E-state index contributed by atoms with van der Waals surface area (Å²) in [5, 5.41) is 10.2. The first-order valence-electron chi connectivity index (χ1n) is 8.52. The van der Waals surface area contributed by atoms with E-state index in [0.717, 1.165) is 24.0 Å². The van der Waals surface area contributed by atoms with Crippen LogP contribution in [0.2, 0.25) is 0 Å². The van der Waals surface area contributed by atoms with E-state index in [4.69, 9.17) is 4.52 Å². The van der Waals surface area contributed by atoms with Crippen molar-refractivity contribution < 1.29 is 14.1 Å². The summed E-state index contributed by atoms with van der Waals surface area (Å²) in [4.78, 5) is 33.1. The molecule has 0 unspecified atom stereocenters. The van der Waals surface area contributed by atoms with E-state index in [9.17, 15) is 9.59 Å². The number of nitrogens with one attached hydrogen (secondary N) is 2. The highest BCUT2D eigenvalue weighted by Crippen LogP contribution is 2.32. The Labute approximate surface area is 159 Å². The maximum atomic E-state index is 12.4. The summed E-state index contributed by atoms with van der Waals surface area (Å²) in [7, 11) is 0. The van der Waals surface area contributed by atoms with E-state index in [1.807, 2.05) is 13.0 Å². The number of aryl methyl sites for hydroxylation is 1. The molecule has 0 aromatic carbocycles. The molecule has 1 aliphatic carbocycles. The fourth-order valence-electron chi connectivity index (χ4n) is 2.52. The third-order valence-electron chi connectivity index (χ3n) is 4.13. The molecule has 0 aliphatic heterocycles. The van der Waals surface area contributed by atoms with Crippen LogP contribution in [0.15, 0.2) is 35.1 Å². The summed E-state index contributed by atoms with van der Waals surface area (Å²) in [6.07, 6.45) is 5.17. The lowest BCUT2D eigenvalue weighted by Crippen LogP contribution is -2.22. The van der Waals surface area contributed by atoms with Gasteiger partial charge in [0.2, 0.25) is 17.6 Å². The van der Waals surface area contributed by atoms with Crippen LogP contribution in [0.25, 0.3) is 11.4 Å². The Bertz CT molecular complexity index is 978. The van der Waals surface area contributed by atoms with Gasteiger partial charge < -0.3 is 15.2 Å². The highest BCUT2D eigenvalue weighted by atomic mass is 32.1. The van der Waals surface area contributed by atoms with Crippen LogP contribution in [0.1, 0.15) is 34.0 Å². The van der Waals surface area contributed by atoms with Gasteiger partial charge in [0.05, 0.1) is 16.4 Å². The fraction of sp³-hybridized carbons (Fsp3) is 0.278. The summed E-state index contributed by atoms with van der Waals surface area (Å²) < 4.78 is 5.18. The van der Waals surface area contributed by atoms with E-state index < -0.39 is 0 Å². The molecular formula is C18H17N5O3S. The predicted octanol–water partition coefficient (Wildman–Crippen LogP) is 2.78. The Morgan fingerprint density at radius 3 is 2.81 bits per heavy atom. The average Bonchev–Trinajstić information content (AvgIpc) is 3.32. The third-order valence-corrected chi connectivity index (χ3v) is 5.28. The van der Waals surface area contributed by atoms with Gasteiger partial charge in [0, 0.05) is 23.9 Å². The Morgan fingerprint density at radius 1 is 1.30 bits per heavy atom. The summed E-state index contributed by atoms with van der Waals surface area (Å²) in [6.45, 7) is 1.96. The SMILES string of the molecule is Cc1cc(NC(=O)C2CC2)sc1C(=O)NCc1nc(-c2ccncc2)no1. The zero-order valence-corrected chi connectivity index (χ0v) is 15.4. The van der Waals surface area contributed by atoms with Crippen molar-refractivity contribution in [2.24, 2.45) is 5.92 Å². The number of pyridine rings is 1. The van der Waals surface area contributed by atoms with Gasteiger partial charge in [-0.05, 0) is 43.5 Å². The Kier molecular flexibility index (Phi) is 4.68. The van der Waals surface area contributed by atoms with Crippen molar-refractivity contribution in [3.8, 4) is 11.4 Å². The first-order chi connectivity index (χ1) is 13.1. The van der Waals surface area contributed by atoms with Gasteiger partial charge in [0.1, 0.15) is 0 Å². The Balaban J connectivity index is 1.37. The zero-order valence-electron chi connectivity index (χ0n) is 14.6. The summed E-state index contributed by atoms with van der Waals surface area (Å²) in [5.41, 5.74) is 1.60. The fourth-order valence-corrected chi connectivity index (χ4v) is 3.51. The van der Waals surface area contributed by atoms with Gasteiger partial charge in [0.25, 0.3) is 5.91 Å². The molecule has 4 rings (SSSR count). The molecule has 3 aromatic rings. The van der Waals surface area contributed by atoms with Crippen LogP contribution < -0.4 is 10.6 Å². The maximum absolute atomic E-state index is 12.4. The van der Waals surface area contributed by atoms with Gasteiger partial charge in [-0.2, -0.15) is 4.98 Å². The molecule has 27 heavy (non-hydrogen) atoms. The average molecular weight is 383 g/mol. The second kappa shape index (κ2) is 7.28. The van der Waals surface area contributed by atoms with Crippen LogP contribution in [0.3, 0.4) is 0 Å². The van der Waals surface area contributed by atoms with Crippen molar-refractivity contribution in [3.05, 3.63) is 46.9 Å². The molecular weight excluding hydrogens is 366 g/mol. The number of amides is 2. The van der Waals surface area contributed by atoms with Gasteiger partial charge >= 0.3 is 0 Å². The van der Waals surface area contributed by atoms with E-state index in [2.05, 4.69) is 25.8 Å². The highest BCUT2D eigenvalue weighted by Gasteiger charge is 2.30. The van der Waals surface area contributed by atoms with E-state index in [-0.39, 0.29) is 24.3 Å². The van der Waals surface area contributed by atoms with Crippen LogP contribution in [0, 0.1) is 12.8 Å². The summed E-state index contributed by atoms with van der Waals surface area (Å²) >= 11 is 1.26. The smallest absolute Gasteiger partial charge is 0.262 e. The van der Waals surface area contributed by atoms with Crippen molar-refractivity contribution >= 4 is 28.2 Å². The predicted molar refractivity (Wildman–Crippen MR) is 99.1 cm³/mol. The van der Waals surface area contributed by atoms with Crippen molar-refractivity contribution in [3.63, 3.8) is 0 Å². The number of thiophene rings is 1. The van der Waals surface area contributed by atoms with Crippen molar-refractivity contribution in [2.45, 2.75) is 26.3 Å². The lowest BCUT2D eigenvalue weighted by molar-refractivity contribution is -0.117. The molecule has 8 nitrogen and oxygen atoms in total. The molecule has 2 amide bonds. The third kappa shape index (κ3) is 4.03. The van der Waals surface area contributed by atoms with E-state index in [1.165, 1.54) is 11.3 Å². The molecule has 1 saturated carbocycles. The molecule has 138 valence electrons. The Hall–Kier alpha value is -3.07.